The number of amides is 1. The molecule has 0 saturated heterocycles. The number of aryl methyl sites for hydroxylation is 2. The topological polar surface area (TPSA) is 103 Å². The molecule has 0 aliphatic carbocycles. The molecule has 3 aromatic carbocycles. The Morgan fingerprint density at radius 3 is 2.35 bits per heavy atom. The third kappa shape index (κ3) is 5.23. The number of aromatic nitrogens is 2. The van der Waals surface area contributed by atoms with Gasteiger partial charge in [0.2, 0.25) is 5.91 Å². The summed E-state index contributed by atoms with van der Waals surface area (Å²) in [6.45, 7) is 1.65. The molecule has 1 aromatic heterocycles. The Morgan fingerprint density at radius 2 is 1.68 bits per heavy atom. The van der Waals surface area contributed by atoms with E-state index in [0.717, 1.165) is 9.20 Å². The minimum absolute atomic E-state index is 0.0603. The van der Waals surface area contributed by atoms with Crippen LogP contribution < -0.4 is 20.0 Å². The lowest BCUT2D eigenvalue weighted by Gasteiger charge is -2.26. The number of ether oxygens (including phenoxy) is 1. The predicted octanol–water partition coefficient (Wildman–Crippen LogP) is 3.83. The maximum absolute atomic E-state index is 13.8. The molecule has 0 atom stereocenters. The van der Waals surface area contributed by atoms with Gasteiger partial charge in [-0.3, -0.25) is 18.2 Å². The summed E-state index contributed by atoms with van der Waals surface area (Å²) in [7, 11) is -0.792. The molecule has 37 heavy (non-hydrogen) atoms. The molecule has 0 bridgehead atoms. The van der Waals surface area contributed by atoms with Crippen molar-refractivity contribution in [2.45, 2.75) is 16.7 Å². The standard InChI is InChI=1S/C26H28N4O5S2/c1-5-35-24-9-7-6-8-22(24)30(37(33,34)20-13-11-19(36-4)12-14-20)17-25(31)27-18-10-15-21-23(16-18)29(3)26(32)28(21)2/h6-16H,5,17H2,1-4H3,(H,27,31). The zero-order valence-electron chi connectivity index (χ0n) is 21.0. The van der Waals surface area contributed by atoms with E-state index in [2.05, 4.69) is 5.32 Å². The molecule has 1 N–H and O–H groups in total. The Morgan fingerprint density at radius 1 is 1.00 bits per heavy atom. The highest BCUT2D eigenvalue weighted by molar-refractivity contribution is 7.98. The maximum Gasteiger partial charge on any atom is 0.328 e. The average molecular weight is 541 g/mol. The number of thioether (sulfide) groups is 1. The van der Waals surface area contributed by atoms with Crippen molar-refractivity contribution in [3.05, 3.63) is 77.2 Å². The number of hydrogen-bond acceptors (Lipinski definition) is 6. The Hall–Kier alpha value is -3.70. The van der Waals surface area contributed by atoms with Gasteiger partial charge in [0.25, 0.3) is 10.0 Å². The lowest BCUT2D eigenvalue weighted by atomic mass is 10.2. The molecule has 0 spiro atoms. The van der Waals surface area contributed by atoms with Gasteiger partial charge in [0, 0.05) is 24.7 Å². The van der Waals surface area contributed by atoms with Crippen LogP contribution in [0, 0.1) is 0 Å². The first-order valence-corrected chi connectivity index (χ1v) is 14.2. The quantitative estimate of drug-likeness (QED) is 0.324. The second-order valence-electron chi connectivity index (χ2n) is 8.24. The fraction of sp³-hybridized carbons (Fsp3) is 0.231. The van der Waals surface area contributed by atoms with Crippen LogP contribution in [0.2, 0.25) is 0 Å². The maximum atomic E-state index is 13.8. The third-order valence-corrected chi connectivity index (χ3v) is 8.44. The van der Waals surface area contributed by atoms with E-state index in [1.807, 2.05) is 6.26 Å². The van der Waals surface area contributed by atoms with Gasteiger partial charge in [-0.05, 0) is 67.8 Å². The van der Waals surface area contributed by atoms with E-state index >= 15 is 0 Å². The van der Waals surface area contributed by atoms with Crippen LogP contribution in [0.25, 0.3) is 11.0 Å². The second kappa shape index (κ2) is 10.7. The monoisotopic (exact) mass is 540 g/mol. The van der Waals surface area contributed by atoms with Gasteiger partial charge in [-0.25, -0.2) is 13.2 Å². The molecule has 1 heterocycles. The van der Waals surface area contributed by atoms with Gasteiger partial charge in [0.05, 0.1) is 28.2 Å². The largest absolute Gasteiger partial charge is 0.492 e. The van der Waals surface area contributed by atoms with E-state index in [1.165, 1.54) is 33.0 Å². The van der Waals surface area contributed by atoms with Gasteiger partial charge < -0.3 is 10.1 Å². The Balaban J connectivity index is 1.70. The molecule has 0 aliphatic heterocycles. The summed E-state index contributed by atoms with van der Waals surface area (Å²) in [5, 5.41) is 2.77. The fourth-order valence-electron chi connectivity index (χ4n) is 4.03. The molecule has 4 rings (SSSR count). The summed E-state index contributed by atoms with van der Waals surface area (Å²) in [5.74, 6) is -0.196. The van der Waals surface area contributed by atoms with Crippen molar-refractivity contribution >= 4 is 50.1 Å². The molecular formula is C26H28N4O5S2. The third-order valence-electron chi connectivity index (χ3n) is 5.92. The highest BCUT2D eigenvalue weighted by atomic mass is 32.2. The number of imidazole rings is 1. The van der Waals surface area contributed by atoms with Crippen molar-refractivity contribution < 1.29 is 17.9 Å². The predicted molar refractivity (Wildman–Crippen MR) is 147 cm³/mol. The number of para-hydroxylation sites is 2. The highest BCUT2D eigenvalue weighted by Gasteiger charge is 2.29. The van der Waals surface area contributed by atoms with Gasteiger partial charge in [0.15, 0.2) is 0 Å². The lowest BCUT2D eigenvalue weighted by molar-refractivity contribution is -0.114. The van der Waals surface area contributed by atoms with Crippen LogP contribution >= 0.6 is 11.8 Å². The summed E-state index contributed by atoms with van der Waals surface area (Å²) in [5.41, 5.74) is 1.88. The Bertz CT molecular complexity index is 1610. The van der Waals surface area contributed by atoms with Gasteiger partial charge in [-0.1, -0.05) is 12.1 Å². The number of benzene rings is 3. The summed E-state index contributed by atoms with van der Waals surface area (Å²) in [6, 6.07) is 18.3. The van der Waals surface area contributed by atoms with Crippen LogP contribution in [0.4, 0.5) is 11.4 Å². The molecular weight excluding hydrogens is 512 g/mol. The number of hydrogen-bond donors (Lipinski definition) is 1. The first kappa shape index (κ1) is 26.4. The number of carbonyl (C=O) groups is 1. The molecule has 0 unspecified atom stereocenters. The summed E-state index contributed by atoms with van der Waals surface area (Å²) in [4.78, 5) is 26.4. The van der Waals surface area contributed by atoms with E-state index in [4.69, 9.17) is 4.74 Å². The molecule has 0 aliphatic rings. The van der Waals surface area contributed by atoms with Crippen LogP contribution in [-0.2, 0) is 28.9 Å². The number of fused-ring (bicyclic) bond motifs is 1. The normalized spacial score (nSPS) is 11.5. The first-order valence-electron chi connectivity index (χ1n) is 11.5. The van der Waals surface area contributed by atoms with Crippen LogP contribution in [0.5, 0.6) is 5.75 Å². The van der Waals surface area contributed by atoms with E-state index in [0.29, 0.717) is 29.1 Å². The van der Waals surface area contributed by atoms with Crippen molar-refractivity contribution in [2.24, 2.45) is 14.1 Å². The Kier molecular flexibility index (Phi) is 7.65. The molecule has 0 fully saturated rings. The van der Waals surface area contributed by atoms with Crippen molar-refractivity contribution in [3.63, 3.8) is 0 Å². The number of nitrogens with zero attached hydrogens (tertiary/aromatic N) is 3. The van der Waals surface area contributed by atoms with E-state index in [9.17, 15) is 18.0 Å². The summed E-state index contributed by atoms with van der Waals surface area (Å²) in [6.07, 6.45) is 1.91. The number of carbonyl (C=O) groups excluding carboxylic acids is 1. The fourth-order valence-corrected chi connectivity index (χ4v) is 5.87. The zero-order chi connectivity index (χ0) is 26.7. The van der Waals surface area contributed by atoms with Crippen molar-refractivity contribution in [1.29, 1.82) is 0 Å². The van der Waals surface area contributed by atoms with Gasteiger partial charge in [-0.2, -0.15) is 0 Å². The number of rotatable bonds is 9. The van der Waals surface area contributed by atoms with E-state index < -0.39 is 22.5 Å². The molecule has 1 amide bonds. The van der Waals surface area contributed by atoms with Crippen LogP contribution in [0.15, 0.2) is 81.3 Å². The smallest absolute Gasteiger partial charge is 0.328 e. The van der Waals surface area contributed by atoms with Gasteiger partial charge >= 0.3 is 5.69 Å². The molecule has 0 radical (unpaired) electrons. The first-order chi connectivity index (χ1) is 17.7. The zero-order valence-corrected chi connectivity index (χ0v) is 22.6. The molecule has 9 nitrogen and oxygen atoms in total. The molecule has 194 valence electrons. The molecule has 0 saturated carbocycles. The van der Waals surface area contributed by atoms with Crippen LogP contribution in [-0.4, -0.2) is 42.9 Å². The second-order valence-corrected chi connectivity index (χ2v) is 11.0. The van der Waals surface area contributed by atoms with Crippen molar-refractivity contribution in [3.8, 4) is 5.75 Å². The van der Waals surface area contributed by atoms with Crippen molar-refractivity contribution in [2.75, 3.05) is 29.0 Å². The minimum Gasteiger partial charge on any atom is -0.492 e. The number of sulfonamides is 1. The van der Waals surface area contributed by atoms with Crippen molar-refractivity contribution in [1.82, 2.24) is 9.13 Å². The number of nitrogens with one attached hydrogen (secondary N) is 1. The summed E-state index contributed by atoms with van der Waals surface area (Å²) >= 11 is 1.50. The van der Waals surface area contributed by atoms with Crippen LogP contribution in [0.3, 0.4) is 0 Å². The van der Waals surface area contributed by atoms with Gasteiger partial charge in [0.1, 0.15) is 12.3 Å². The summed E-state index contributed by atoms with van der Waals surface area (Å²) < 4.78 is 37.3. The Labute approximate surface area is 219 Å². The van der Waals surface area contributed by atoms with Crippen LogP contribution in [0.1, 0.15) is 6.92 Å². The number of anilines is 2. The average Bonchev–Trinajstić information content (AvgIpc) is 3.11. The van der Waals surface area contributed by atoms with Gasteiger partial charge in [-0.15, -0.1) is 11.8 Å². The lowest BCUT2D eigenvalue weighted by Crippen LogP contribution is -2.38. The molecule has 11 heteroatoms. The SMILES string of the molecule is CCOc1ccccc1N(CC(=O)Nc1ccc2c(c1)n(C)c(=O)n2C)S(=O)(=O)c1ccc(SC)cc1. The molecule has 4 aromatic rings. The highest BCUT2D eigenvalue weighted by Crippen LogP contribution is 2.33. The van der Waals surface area contributed by atoms with E-state index in [-0.39, 0.29) is 16.3 Å². The minimum atomic E-state index is -4.12. The van der Waals surface area contributed by atoms with E-state index in [1.54, 1.807) is 75.6 Å².